The van der Waals surface area contributed by atoms with E-state index in [1.807, 2.05) is 0 Å². The molecule has 1 fully saturated rings. The van der Waals surface area contributed by atoms with Crippen molar-refractivity contribution in [1.29, 1.82) is 0 Å². The Morgan fingerprint density at radius 3 is 2.50 bits per heavy atom. The van der Waals surface area contributed by atoms with E-state index in [-0.39, 0.29) is 16.3 Å². The third kappa shape index (κ3) is 3.04. The Morgan fingerprint density at radius 1 is 1.27 bits per heavy atom. The molecule has 1 aromatic rings. The molecule has 0 bridgehead atoms. The summed E-state index contributed by atoms with van der Waals surface area (Å²) < 4.78 is 10.8. The molecule has 8 heteroatoms. The number of benzene rings is 1. The van der Waals surface area contributed by atoms with Gasteiger partial charge < -0.3 is 30.5 Å². The zero-order valence-corrected chi connectivity index (χ0v) is 12.8. The van der Waals surface area contributed by atoms with E-state index in [4.69, 9.17) is 26.8 Å². The van der Waals surface area contributed by atoms with Gasteiger partial charge in [-0.05, 0) is 25.5 Å². The van der Waals surface area contributed by atoms with Crippen LogP contribution in [0.4, 0.5) is 0 Å². The molecule has 2 rings (SSSR count). The van der Waals surface area contributed by atoms with Gasteiger partial charge >= 0.3 is 0 Å². The smallest absolute Gasteiger partial charge is 0.254 e. The van der Waals surface area contributed by atoms with Gasteiger partial charge in [0.25, 0.3) is 5.91 Å². The zero-order valence-electron chi connectivity index (χ0n) is 12.1. The largest absolute Gasteiger partial charge is 0.461 e. The van der Waals surface area contributed by atoms with Crippen molar-refractivity contribution in [3.05, 3.63) is 28.3 Å². The summed E-state index contributed by atoms with van der Waals surface area (Å²) in [6.45, 7) is 3.22. The summed E-state index contributed by atoms with van der Waals surface area (Å²) in [4.78, 5) is 11.6. The third-order valence-corrected chi connectivity index (χ3v) is 4.08. The Labute approximate surface area is 132 Å². The van der Waals surface area contributed by atoms with Gasteiger partial charge in [-0.1, -0.05) is 17.7 Å². The fourth-order valence-corrected chi connectivity index (χ4v) is 2.48. The number of ether oxygens (including phenoxy) is 2. The molecule has 1 aromatic carbocycles. The lowest BCUT2D eigenvalue weighted by Gasteiger charge is -2.39. The second-order valence-electron chi connectivity index (χ2n) is 5.23. The molecule has 5 N–H and O–H groups in total. The van der Waals surface area contributed by atoms with Crippen molar-refractivity contribution in [3.63, 3.8) is 0 Å². The molecule has 0 aliphatic carbocycles. The molecule has 122 valence electrons. The normalized spacial score (nSPS) is 31.8. The van der Waals surface area contributed by atoms with Crippen LogP contribution in [0, 0.1) is 6.92 Å². The predicted octanol–water partition coefficient (Wildman–Crippen LogP) is -0.0464. The third-order valence-electron chi connectivity index (χ3n) is 3.59. The Bertz CT molecular complexity index is 581. The highest BCUT2D eigenvalue weighted by atomic mass is 35.5. The van der Waals surface area contributed by atoms with Gasteiger partial charge in [-0.25, -0.2) is 0 Å². The van der Waals surface area contributed by atoms with Crippen molar-refractivity contribution < 1.29 is 29.6 Å². The summed E-state index contributed by atoms with van der Waals surface area (Å²) in [7, 11) is 0. The molecule has 0 unspecified atom stereocenters. The maximum absolute atomic E-state index is 11.6. The number of aryl methyl sites for hydroxylation is 1. The van der Waals surface area contributed by atoms with E-state index in [2.05, 4.69) is 0 Å². The average molecular weight is 332 g/mol. The number of nitrogens with two attached hydrogens (primary N) is 1. The predicted molar refractivity (Wildman–Crippen MR) is 77.7 cm³/mol. The van der Waals surface area contributed by atoms with E-state index in [1.54, 1.807) is 13.0 Å². The molecular weight excluding hydrogens is 314 g/mol. The van der Waals surface area contributed by atoms with Crippen LogP contribution in [0.25, 0.3) is 0 Å². The van der Waals surface area contributed by atoms with Crippen LogP contribution in [0.1, 0.15) is 22.8 Å². The second kappa shape index (κ2) is 6.39. The quantitative estimate of drug-likeness (QED) is 0.616. The minimum Gasteiger partial charge on any atom is -0.461 e. The Hall–Kier alpha value is -1.38. The SMILES string of the molecule is Cc1ccc(O[C@H]2O[C@H](C)[C@@H](O)[C@H](O)[C@@H]2O)c(C(N)=O)c1Cl. The second-order valence-corrected chi connectivity index (χ2v) is 5.61. The highest BCUT2D eigenvalue weighted by Crippen LogP contribution is 2.32. The minimum absolute atomic E-state index is 0.0305. The standard InChI is InChI=1S/C14H18ClNO6/c1-5-3-4-7(8(9(5)15)13(16)20)22-14-12(19)11(18)10(17)6(2)21-14/h3-4,6,10-12,14,17-19H,1-2H3,(H2,16,20)/t6-,10-,11+,12+,14-/m1/s1. The molecule has 1 aliphatic rings. The number of hydrogen-bond acceptors (Lipinski definition) is 6. The Morgan fingerprint density at radius 2 is 1.91 bits per heavy atom. The number of amides is 1. The van der Waals surface area contributed by atoms with Crippen LogP contribution in [0.3, 0.4) is 0 Å². The first-order valence-electron chi connectivity index (χ1n) is 6.69. The molecule has 1 saturated heterocycles. The van der Waals surface area contributed by atoms with Gasteiger partial charge in [-0.3, -0.25) is 4.79 Å². The van der Waals surface area contributed by atoms with Crippen LogP contribution < -0.4 is 10.5 Å². The molecule has 0 aromatic heterocycles. The molecule has 5 atom stereocenters. The average Bonchev–Trinajstić information content (AvgIpc) is 2.46. The van der Waals surface area contributed by atoms with Crippen molar-refractivity contribution >= 4 is 17.5 Å². The van der Waals surface area contributed by atoms with Crippen molar-refractivity contribution in [1.82, 2.24) is 0 Å². The van der Waals surface area contributed by atoms with Crippen LogP contribution in [0.5, 0.6) is 5.75 Å². The van der Waals surface area contributed by atoms with Crippen molar-refractivity contribution in [3.8, 4) is 5.75 Å². The summed E-state index contributed by atoms with van der Waals surface area (Å²) >= 11 is 6.05. The van der Waals surface area contributed by atoms with E-state index < -0.39 is 36.6 Å². The van der Waals surface area contributed by atoms with Gasteiger partial charge in [-0.15, -0.1) is 0 Å². The van der Waals surface area contributed by atoms with Gasteiger partial charge in [0.15, 0.2) is 0 Å². The monoisotopic (exact) mass is 331 g/mol. The summed E-state index contributed by atoms with van der Waals surface area (Å²) in [5.41, 5.74) is 5.90. The summed E-state index contributed by atoms with van der Waals surface area (Å²) in [6, 6.07) is 3.09. The number of rotatable bonds is 3. The summed E-state index contributed by atoms with van der Waals surface area (Å²) in [6.07, 6.45) is -6.21. The van der Waals surface area contributed by atoms with Crippen molar-refractivity contribution in [2.45, 2.75) is 44.6 Å². The van der Waals surface area contributed by atoms with Crippen molar-refractivity contribution in [2.24, 2.45) is 5.73 Å². The van der Waals surface area contributed by atoms with E-state index in [1.165, 1.54) is 13.0 Å². The fraction of sp³-hybridized carbons (Fsp3) is 0.500. The van der Waals surface area contributed by atoms with Crippen LogP contribution in [0.2, 0.25) is 5.02 Å². The number of primary amides is 1. The number of carbonyl (C=O) groups is 1. The molecule has 22 heavy (non-hydrogen) atoms. The summed E-state index contributed by atoms with van der Waals surface area (Å²) in [5.74, 6) is -0.759. The number of carbonyl (C=O) groups excluding carboxylic acids is 1. The fourth-order valence-electron chi connectivity index (χ4n) is 2.23. The molecular formula is C14H18ClNO6. The zero-order chi connectivity index (χ0) is 16.6. The Kier molecular flexibility index (Phi) is 4.93. The first kappa shape index (κ1) is 17.0. The van der Waals surface area contributed by atoms with Crippen LogP contribution in [-0.2, 0) is 4.74 Å². The first-order chi connectivity index (χ1) is 10.2. The maximum atomic E-state index is 11.6. The van der Waals surface area contributed by atoms with Gasteiger partial charge in [0.2, 0.25) is 6.29 Å². The molecule has 7 nitrogen and oxygen atoms in total. The van der Waals surface area contributed by atoms with Crippen LogP contribution in [0.15, 0.2) is 12.1 Å². The van der Waals surface area contributed by atoms with E-state index >= 15 is 0 Å². The van der Waals surface area contributed by atoms with E-state index in [0.29, 0.717) is 5.56 Å². The lowest BCUT2D eigenvalue weighted by atomic mass is 10.00. The Balaban J connectivity index is 2.31. The number of halogens is 1. The number of hydrogen-bond donors (Lipinski definition) is 4. The molecule has 1 amide bonds. The van der Waals surface area contributed by atoms with Gasteiger partial charge in [0, 0.05) is 0 Å². The topological polar surface area (TPSA) is 122 Å². The first-order valence-corrected chi connectivity index (χ1v) is 7.07. The molecule has 1 aliphatic heterocycles. The minimum atomic E-state index is -1.49. The number of aliphatic hydroxyl groups excluding tert-OH is 3. The number of aliphatic hydroxyl groups is 3. The maximum Gasteiger partial charge on any atom is 0.254 e. The van der Waals surface area contributed by atoms with Crippen molar-refractivity contribution in [2.75, 3.05) is 0 Å². The van der Waals surface area contributed by atoms with Gasteiger partial charge in [0.05, 0.1) is 11.1 Å². The lowest BCUT2D eigenvalue weighted by molar-refractivity contribution is -0.268. The molecule has 0 spiro atoms. The highest BCUT2D eigenvalue weighted by molar-refractivity contribution is 6.35. The molecule has 0 saturated carbocycles. The van der Waals surface area contributed by atoms with E-state index in [0.717, 1.165) is 0 Å². The highest BCUT2D eigenvalue weighted by Gasteiger charge is 2.43. The van der Waals surface area contributed by atoms with Gasteiger partial charge in [-0.2, -0.15) is 0 Å². The molecule has 1 heterocycles. The van der Waals surface area contributed by atoms with Crippen LogP contribution >= 0.6 is 11.6 Å². The van der Waals surface area contributed by atoms with Crippen LogP contribution in [-0.4, -0.2) is 51.9 Å². The molecule has 0 radical (unpaired) electrons. The lowest BCUT2D eigenvalue weighted by Crippen LogP contribution is -2.58. The van der Waals surface area contributed by atoms with E-state index in [9.17, 15) is 20.1 Å². The summed E-state index contributed by atoms with van der Waals surface area (Å²) in [5, 5.41) is 29.5. The van der Waals surface area contributed by atoms with Gasteiger partial charge in [0.1, 0.15) is 29.6 Å².